The van der Waals surface area contributed by atoms with Gasteiger partial charge in [-0.05, 0) is 0 Å². The third-order valence-corrected chi connectivity index (χ3v) is 64.3. The second-order valence-corrected chi connectivity index (χ2v) is 42.4. The predicted molar refractivity (Wildman–Crippen MR) is 103 cm³/mol. The van der Waals surface area contributed by atoms with Crippen molar-refractivity contribution in [1.29, 1.82) is 0 Å². The normalized spacial score (nSPS) is 26.1. The molecule has 3 nitrogen and oxygen atoms in total. The Bertz CT molecular complexity index is 269. The van der Waals surface area contributed by atoms with Crippen LogP contribution >= 0.6 is 0 Å². The zero-order valence-corrected chi connectivity index (χ0v) is 22.4. The average Bonchev–Trinajstić information content (AvgIpc) is 2.52. The van der Waals surface area contributed by atoms with Gasteiger partial charge in [0.25, 0.3) is 0 Å². The first kappa shape index (κ1) is 20.6. The van der Waals surface area contributed by atoms with E-state index in [1.165, 1.54) is 31.5 Å². The molecular formula is C15H39Ge3N3. The molecule has 126 valence electrons. The summed E-state index contributed by atoms with van der Waals surface area (Å²) in [6, 6.07) is 0. The summed E-state index contributed by atoms with van der Waals surface area (Å²) >= 11 is -6.18. The summed E-state index contributed by atoms with van der Waals surface area (Å²) in [5.74, 6) is 0. The molecule has 0 bridgehead atoms. The van der Waals surface area contributed by atoms with Crippen LogP contribution in [-0.4, -0.2) is 70.7 Å². The molecule has 0 amide bonds. The molecule has 0 aromatic heterocycles. The Morgan fingerprint density at radius 2 is 0.571 bits per heavy atom. The van der Waals surface area contributed by atoms with Gasteiger partial charge in [-0.15, -0.1) is 0 Å². The van der Waals surface area contributed by atoms with Crippen molar-refractivity contribution in [3.8, 4) is 0 Å². The van der Waals surface area contributed by atoms with Crippen LogP contribution < -0.4 is 0 Å². The van der Waals surface area contributed by atoms with Gasteiger partial charge in [0.1, 0.15) is 0 Å². The Morgan fingerprint density at radius 3 is 0.667 bits per heavy atom. The van der Waals surface area contributed by atoms with Gasteiger partial charge in [0.15, 0.2) is 0 Å². The molecule has 0 aromatic carbocycles. The van der Waals surface area contributed by atoms with E-state index in [1.54, 1.807) is 0 Å². The summed E-state index contributed by atoms with van der Waals surface area (Å²) in [7, 11) is 7.64. The van der Waals surface area contributed by atoms with Crippen molar-refractivity contribution < 1.29 is 0 Å². The maximum atomic E-state index is 3.11. The van der Waals surface area contributed by atoms with Gasteiger partial charge < -0.3 is 0 Å². The molecule has 0 saturated carbocycles. The Morgan fingerprint density at radius 1 is 0.429 bits per heavy atom. The Kier molecular flexibility index (Phi) is 7.44. The Hall–Kier alpha value is 1.51. The summed E-state index contributed by atoms with van der Waals surface area (Å²) in [5.41, 5.74) is 0. The van der Waals surface area contributed by atoms with E-state index in [4.69, 9.17) is 0 Å². The zero-order valence-electron chi connectivity index (χ0n) is 16.1. The Balaban J connectivity index is 3.59. The summed E-state index contributed by atoms with van der Waals surface area (Å²) in [6.45, 7) is 15.0. The van der Waals surface area contributed by atoms with Crippen LogP contribution in [-0.2, 0) is 0 Å². The fourth-order valence-corrected chi connectivity index (χ4v) is 90.9. The van der Waals surface area contributed by atoms with Crippen molar-refractivity contribution in [1.82, 2.24) is 8.44 Å². The Labute approximate surface area is 143 Å². The van der Waals surface area contributed by atoms with Crippen LogP contribution in [0, 0.1) is 0 Å². The number of rotatable bonds is 6. The van der Waals surface area contributed by atoms with Crippen molar-refractivity contribution in [3.63, 3.8) is 0 Å². The van der Waals surface area contributed by atoms with E-state index in [9.17, 15) is 0 Å². The quantitative estimate of drug-likeness (QED) is 0.528. The molecule has 0 spiro atoms. The van der Waals surface area contributed by atoms with Gasteiger partial charge in [0, 0.05) is 0 Å². The zero-order chi connectivity index (χ0) is 16.5. The minimum absolute atomic E-state index is 1.46. The third-order valence-electron chi connectivity index (χ3n) is 7.14. The first-order valence-electron chi connectivity index (χ1n) is 9.05. The molecule has 0 atom stereocenters. The number of nitrogens with zero attached hydrogens (tertiary/aromatic N) is 3. The van der Waals surface area contributed by atoms with E-state index in [1.807, 2.05) is 0 Å². The fraction of sp³-hybridized carbons (Fsp3) is 1.00. The molecule has 0 unspecified atom stereocenters. The van der Waals surface area contributed by atoms with Crippen molar-refractivity contribution in [2.24, 2.45) is 0 Å². The van der Waals surface area contributed by atoms with Gasteiger partial charge in [-0.25, -0.2) is 0 Å². The van der Waals surface area contributed by atoms with E-state index < -0.39 is 41.1 Å². The number of hydrogen-bond donors (Lipinski definition) is 0. The SMILES string of the molecule is C[CH2][Ge]1([CH2]C)[N](C)[Ge]([CH2]C)([CH2]C)[N](C)[Ge]([CH2]C)([CH2]C)[N]1C. The van der Waals surface area contributed by atoms with E-state index in [-0.39, 0.29) is 0 Å². The first-order valence-corrected chi connectivity index (χ1v) is 23.6. The maximum absolute atomic E-state index is 3.11. The van der Waals surface area contributed by atoms with Crippen molar-refractivity contribution in [2.45, 2.75) is 73.1 Å². The molecule has 1 saturated heterocycles. The molecule has 0 N–H and O–H groups in total. The molecule has 6 heteroatoms. The molecular weight excluding hydrogens is 440 g/mol. The molecule has 0 radical (unpaired) electrons. The van der Waals surface area contributed by atoms with Crippen LogP contribution in [0.3, 0.4) is 0 Å². The van der Waals surface area contributed by atoms with E-state index >= 15 is 0 Å². The monoisotopic (exact) mass is 483 g/mol. The molecule has 1 rings (SSSR count). The van der Waals surface area contributed by atoms with Crippen LogP contribution in [0.2, 0.25) is 31.5 Å². The molecule has 0 aliphatic carbocycles. The predicted octanol–water partition coefficient (Wildman–Crippen LogP) is 4.24. The third kappa shape index (κ3) is 2.66. The molecule has 21 heavy (non-hydrogen) atoms. The summed E-state index contributed by atoms with van der Waals surface area (Å²) in [4.78, 5) is 0. The molecule has 1 fully saturated rings. The molecule has 1 heterocycles. The summed E-state index contributed by atoms with van der Waals surface area (Å²) in [5, 5.41) is 8.73. The van der Waals surface area contributed by atoms with Gasteiger partial charge in [0.2, 0.25) is 0 Å². The van der Waals surface area contributed by atoms with Crippen LogP contribution in [0.5, 0.6) is 0 Å². The van der Waals surface area contributed by atoms with Gasteiger partial charge in [0.05, 0.1) is 0 Å². The van der Waals surface area contributed by atoms with Gasteiger partial charge >= 0.3 is 144 Å². The van der Waals surface area contributed by atoms with Gasteiger partial charge in [-0.2, -0.15) is 0 Å². The van der Waals surface area contributed by atoms with Crippen molar-refractivity contribution >= 4 is 41.1 Å². The summed E-state index contributed by atoms with van der Waals surface area (Å²) in [6.07, 6.45) is 0. The molecule has 1 aliphatic heterocycles. The standard InChI is InChI=1S/C15H39Ge3N3/c1-10-16(11-2)19(7)17(12-3,13-4)21(9)18(14-5,15-6)20(16)8/h10-15H2,1-9H3. The molecule has 1 aliphatic rings. The first-order chi connectivity index (χ1) is 9.83. The van der Waals surface area contributed by atoms with Crippen molar-refractivity contribution in [2.75, 3.05) is 21.1 Å². The topological polar surface area (TPSA) is 9.72 Å². The molecule has 0 aromatic rings. The van der Waals surface area contributed by atoms with E-state index in [0.717, 1.165) is 0 Å². The van der Waals surface area contributed by atoms with Crippen LogP contribution in [0.1, 0.15) is 41.5 Å². The minimum atomic E-state index is -2.06. The average molecular weight is 479 g/mol. The van der Waals surface area contributed by atoms with Crippen molar-refractivity contribution in [3.05, 3.63) is 0 Å². The fourth-order valence-electron chi connectivity index (χ4n) is 5.43. The van der Waals surface area contributed by atoms with E-state index in [2.05, 4.69) is 71.1 Å². The van der Waals surface area contributed by atoms with Gasteiger partial charge in [-0.1, -0.05) is 0 Å². The number of hydrogen-bond acceptors (Lipinski definition) is 3. The van der Waals surface area contributed by atoms with E-state index in [0.29, 0.717) is 0 Å². The van der Waals surface area contributed by atoms with Crippen LogP contribution in [0.15, 0.2) is 0 Å². The van der Waals surface area contributed by atoms with Crippen LogP contribution in [0.25, 0.3) is 0 Å². The summed E-state index contributed by atoms with van der Waals surface area (Å²) < 4.78 is 9.32. The second kappa shape index (κ2) is 7.60. The van der Waals surface area contributed by atoms with Gasteiger partial charge in [-0.3, -0.25) is 0 Å². The van der Waals surface area contributed by atoms with Crippen LogP contribution in [0.4, 0.5) is 0 Å². The second-order valence-electron chi connectivity index (χ2n) is 6.75.